The first-order valence-corrected chi connectivity index (χ1v) is 26.2. The van der Waals surface area contributed by atoms with Gasteiger partial charge in [-0.05, 0) is 104 Å². The van der Waals surface area contributed by atoms with Crippen molar-refractivity contribution in [2.45, 2.75) is 63.8 Å². The zero-order chi connectivity index (χ0) is 48.5. The Bertz CT molecular complexity index is 2740. The van der Waals surface area contributed by atoms with Crippen LogP contribution in [0.5, 0.6) is 5.75 Å². The lowest BCUT2D eigenvalue weighted by atomic mass is 9.89. The number of pyridine rings is 1. The molecule has 3 aliphatic heterocycles. The van der Waals surface area contributed by atoms with Crippen LogP contribution in [0.3, 0.4) is 0 Å². The molecule has 14 nitrogen and oxygen atoms in total. The largest absolute Gasteiger partial charge is 0.494 e. The number of carbonyl (C=O) groups excluding carboxylic acids is 2. The summed E-state index contributed by atoms with van der Waals surface area (Å²) < 4.78 is 80.6. The molecule has 3 aliphatic rings. The third kappa shape index (κ3) is 11.1. The summed E-state index contributed by atoms with van der Waals surface area (Å²) in [7, 11) is -1.13. The van der Waals surface area contributed by atoms with Gasteiger partial charge < -0.3 is 30.2 Å². The molecule has 1 unspecified atom stereocenters. The van der Waals surface area contributed by atoms with Crippen molar-refractivity contribution in [3.8, 4) is 5.75 Å². The van der Waals surface area contributed by atoms with Crippen molar-refractivity contribution in [3.63, 3.8) is 0 Å². The molecule has 3 fully saturated rings. The molecule has 68 heavy (non-hydrogen) atoms. The van der Waals surface area contributed by atoms with Gasteiger partial charge in [0.1, 0.15) is 30.3 Å². The average Bonchev–Trinajstić information content (AvgIpc) is 3.29. The maximum atomic E-state index is 15.2. The fraction of sp³-hybridized carbons (Fsp3) is 0.438. The highest BCUT2D eigenvalue weighted by Gasteiger charge is 2.36. The minimum Gasteiger partial charge on any atom is -0.494 e. The van der Waals surface area contributed by atoms with Gasteiger partial charge in [0.25, 0.3) is 5.92 Å². The molecule has 8 rings (SSSR count). The predicted octanol–water partition coefficient (Wildman–Crippen LogP) is 8.53. The fourth-order valence-electron chi connectivity index (χ4n) is 9.55. The Labute approximate surface area is 401 Å². The summed E-state index contributed by atoms with van der Waals surface area (Å²) in [5, 5.41) is 12.8. The van der Waals surface area contributed by atoms with Gasteiger partial charge in [0.05, 0.1) is 47.5 Å². The molecule has 0 radical (unpaired) electrons. The van der Waals surface area contributed by atoms with Gasteiger partial charge in [0, 0.05) is 97.3 Å². The lowest BCUT2D eigenvalue weighted by Gasteiger charge is -2.44. The highest BCUT2D eigenvalue weighted by atomic mass is 79.9. The molecule has 4 N–H and O–H groups in total. The van der Waals surface area contributed by atoms with E-state index in [1.54, 1.807) is 31.5 Å². The van der Waals surface area contributed by atoms with Crippen LogP contribution in [0, 0.1) is 18.6 Å². The Hall–Kier alpha value is -5.36. The van der Waals surface area contributed by atoms with Crippen LogP contribution >= 0.6 is 23.1 Å². The number of nitrogens with zero attached hydrogens (tertiary/aromatic N) is 6. The van der Waals surface area contributed by atoms with E-state index in [9.17, 15) is 22.9 Å². The van der Waals surface area contributed by atoms with Crippen molar-refractivity contribution in [2.24, 2.45) is 0 Å². The van der Waals surface area contributed by atoms with Crippen molar-refractivity contribution in [1.29, 1.82) is 0 Å². The van der Waals surface area contributed by atoms with Gasteiger partial charge >= 0.3 is 0 Å². The van der Waals surface area contributed by atoms with Crippen LogP contribution in [0.1, 0.15) is 55.3 Å². The maximum Gasteiger partial charge on any atom is 0.277 e. The number of benzene rings is 3. The van der Waals surface area contributed by atoms with Gasteiger partial charge in [0.15, 0.2) is 0 Å². The van der Waals surface area contributed by atoms with E-state index < -0.39 is 61.1 Å². The zero-order valence-corrected chi connectivity index (χ0v) is 41.2. The summed E-state index contributed by atoms with van der Waals surface area (Å²) in [5.74, 6) is -6.26. The number of ether oxygens (including phenoxy) is 1. The number of carbonyl (C=O) groups is 2. The number of nitrogens with one attached hydrogen (secondary N) is 4. The smallest absolute Gasteiger partial charge is 0.277 e. The lowest BCUT2D eigenvalue weighted by molar-refractivity contribution is -0.134. The third-order valence-electron chi connectivity index (χ3n) is 12.9. The van der Waals surface area contributed by atoms with E-state index in [0.29, 0.717) is 70.9 Å². The van der Waals surface area contributed by atoms with Crippen LogP contribution < -0.4 is 36.2 Å². The number of anilines is 6. The van der Waals surface area contributed by atoms with Gasteiger partial charge in [-0.2, -0.15) is 4.98 Å². The van der Waals surface area contributed by atoms with Crippen molar-refractivity contribution < 1.29 is 36.5 Å². The van der Waals surface area contributed by atoms with Crippen LogP contribution in [0.4, 0.5) is 52.1 Å². The number of alkyl halides is 2. The molecule has 3 aromatic carbocycles. The Morgan fingerprint density at radius 1 is 0.926 bits per heavy atom. The van der Waals surface area contributed by atoms with E-state index >= 15 is 8.78 Å². The molecule has 0 saturated carbocycles. The van der Waals surface area contributed by atoms with Crippen LogP contribution in [0.2, 0.25) is 0 Å². The average molecular weight is 1020 g/mol. The Balaban J connectivity index is 0.851. The van der Waals surface area contributed by atoms with Crippen molar-refractivity contribution in [1.82, 2.24) is 30.1 Å². The molecule has 362 valence electrons. The number of amides is 2. The normalized spacial score (nSPS) is 17.9. The van der Waals surface area contributed by atoms with E-state index in [1.165, 1.54) is 0 Å². The van der Waals surface area contributed by atoms with Crippen molar-refractivity contribution in [3.05, 3.63) is 87.7 Å². The number of hydrogen-bond donors (Lipinski definition) is 4. The Morgan fingerprint density at radius 2 is 1.65 bits per heavy atom. The Kier molecular flexibility index (Phi) is 14.7. The number of halogens is 5. The molecule has 2 aromatic heterocycles. The van der Waals surface area contributed by atoms with Crippen LogP contribution in [-0.2, 0) is 20.6 Å². The van der Waals surface area contributed by atoms with E-state index in [2.05, 4.69) is 70.0 Å². The molecule has 0 spiro atoms. The molecule has 0 bridgehead atoms. The minimum absolute atomic E-state index is 0.0364. The predicted molar refractivity (Wildman–Crippen MR) is 262 cm³/mol. The first-order chi connectivity index (χ1) is 32.4. The summed E-state index contributed by atoms with van der Waals surface area (Å²) in [6.45, 7) is 10.1. The van der Waals surface area contributed by atoms with E-state index in [-0.39, 0.29) is 18.5 Å². The summed E-state index contributed by atoms with van der Waals surface area (Å²) in [4.78, 5) is 44.2. The fourth-order valence-corrected chi connectivity index (χ4v) is 11.3. The van der Waals surface area contributed by atoms with Crippen molar-refractivity contribution >= 4 is 85.6 Å². The molecule has 5 aromatic rings. The number of rotatable bonds is 15. The van der Waals surface area contributed by atoms with Gasteiger partial charge in [-0.1, -0.05) is 13.0 Å². The molecule has 3 saturated heterocycles. The number of piperazine rings is 1. The molecular weight excluding hydrogens is 967 g/mol. The quantitative estimate of drug-likeness (QED) is 0.0450. The van der Waals surface area contributed by atoms with Crippen LogP contribution in [0.15, 0.2) is 59.2 Å². The number of methoxy groups -OCH3 is 1. The maximum absolute atomic E-state index is 15.2. The summed E-state index contributed by atoms with van der Waals surface area (Å²) >= 11 is 3.59. The second-order valence-electron chi connectivity index (χ2n) is 18.1. The Morgan fingerprint density at radius 3 is 2.31 bits per heavy atom. The SMILES string of the molecule is CCc1cc(Nc2ncc(Br)c(Nc3ccc4nc(C)ccc4c3P(C)(C)=O)n2)c(OC)cc1N1CCC(N2CCN(CC(F)(F)CNc3cc(F)c(C4CCC(=O)NC4=O)c(F)c3)CC2)CC1. The number of aromatic nitrogens is 3. The monoisotopic (exact) mass is 1020 g/mol. The van der Waals surface area contributed by atoms with E-state index in [1.807, 2.05) is 37.3 Å². The molecule has 2 amide bonds. The van der Waals surface area contributed by atoms with Gasteiger partial charge in [-0.25, -0.2) is 22.5 Å². The number of fused-ring (bicyclic) bond motifs is 1. The molecule has 5 heterocycles. The zero-order valence-electron chi connectivity index (χ0n) is 38.7. The molecule has 1 atom stereocenters. The molecule has 0 aliphatic carbocycles. The van der Waals surface area contributed by atoms with Gasteiger partial charge in [0.2, 0.25) is 17.8 Å². The summed E-state index contributed by atoms with van der Waals surface area (Å²) in [6.07, 6.45) is 4.15. The van der Waals surface area contributed by atoms with Gasteiger partial charge in [-0.15, -0.1) is 0 Å². The molecular formula is C48H56BrF4N10O4P. The second-order valence-corrected chi connectivity index (χ2v) is 22.1. The topological polar surface area (TPSA) is 157 Å². The number of piperidine rings is 2. The van der Waals surface area contributed by atoms with Crippen molar-refractivity contribution in [2.75, 3.05) is 93.6 Å². The first kappa shape index (κ1) is 49.1. The molecule has 20 heteroatoms. The van der Waals surface area contributed by atoms with Crippen LogP contribution in [-0.4, -0.2) is 121 Å². The minimum atomic E-state index is -3.19. The van der Waals surface area contributed by atoms with E-state index in [0.717, 1.165) is 72.3 Å². The number of imide groups is 1. The van der Waals surface area contributed by atoms with E-state index in [4.69, 9.17) is 9.72 Å². The highest BCUT2D eigenvalue weighted by molar-refractivity contribution is 9.10. The van der Waals surface area contributed by atoms with Crippen LogP contribution in [0.25, 0.3) is 10.9 Å². The lowest BCUT2D eigenvalue weighted by Crippen LogP contribution is -2.55. The second kappa shape index (κ2) is 20.3. The van der Waals surface area contributed by atoms with Gasteiger partial charge in [-0.3, -0.25) is 29.7 Å². The first-order valence-electron chi connectivity index (χ1n) is 22.8. The number of aryl methyl sites for hydroxylation is 2. The third-order valence-corrected chi connectivity index (χ3v) is 15.1. The standard InChI is InChI=1S/C48H56BrF4N10O4P/c1-6-29-21-39(58-47-54-25-34(49)45(60-47)57-38-11-10-37-32(8-7-28(2)56-37)44(38)68(4,5)66)41(67-3)24-40(29)63-15-13-31(14-16-63)62-19-17-61(18-20-62)27-48(52,53)26-55-30-22-35(50)43(36(51)23-30)33-9-12-42(64)59-46(33)65/h7-8,10-11,21-25,31,33,55H,6,9,12-20,26-27H2,1-5H3,(H,59,64,65)(H2,54,57,58,60). The summed E-state index contributed by atoms with van der Waals surface area (Å²) in [6, 6.07) is 13.9. The number of hydrogen-bond acceptors (Lipinski definition) is 13. The summed E-state index contributed by atoms with van der Waals surface area (Å²) in [5.41, 5.74) is 4.60. The highest BCUT2D eigenvalue weighted by Crippen LogP contribution is 2.43.